The summed E-state index contributed by atoms with van der Waals surface area (Å²) in [4.78, 5) is 10.6. The Labute approximate surface area is 172 Å². The lowest BCUT2D eigenvalue weighted by molar-refractivity contribution is -0.384. The van der Waals surface area contributed by atoms with Crippen molar-refractivity contribution in [2.75, 3.05) is 6.61 Å². The second-order valence-corrected chi connectivity index (χ2v) is 5.97. The van der Waals surface area contributed by atoms with E-state index in [4.69, 9.17) is 4.74 Å². The number of ether oxygens (including phenoxy) is 1. The molecule has 0 bridgehead atoms. The molecule has 2 aromatic rings. The molecule has 0 saturated carbocycles. The van der Waals surface area contributed by atoms with Gasteiger partial charge in [-0.1, -0.05) is 70.0 Å². The average Bonchev–Trinajstić information content (AvgIpc) is 2.77. The number of benzene rings is 2. The fourth-order valence-electron chi connectivity index (χ4n) is 3.10. The van der Waals surface area contributed by atoms with E-state index in [1.807, 2.05) is 38.1 Å². The molecule has 0 aliphatic carbocycles. The van der Waals surface area contributed by atoms with Crippen LogP contribution in [0.4, 0.5) is 5.69 Å². The van der Waals surface area contributed by atoms with E-state index in [-0.39, 0.29) is 5.69 Å². The first-order chi connectivity index (χ1) is 14.1. The van der Waals surface area contributed by atoms with Gasteiger partial charge < -0.3 is 4.74 Å². The standard InChI is InChI=1S/C23H19NO3.C2H6/c1-4-7-17(6-3)21-15-27-22-14-16(5-2)8-13-20(22)23(21)18-9-11-19(12-10-18)24(25)26;1-2/h4-14H,1-3,15H2;1-2H3/b17-7+;. The highest BCUT2D eigenvalue weighted by atomic mass is 16.6. The van der Waals surface area contributed by atoms with Crippen LogP contribution in [0.25, 0.3) is 11.6 Å². The minimum Gasteiger partial charge on any atom is -0.488 e. The highest BCUT2D eigenvalue weighted by Gasteiger charge is 2.23. The van der Waals surface area contributed by atoms with Gasteiger partial charge in [-0.2, -0.15) is 0 Å². The summed E-state index contributed by atoms with van der Waals surface area (Å²) in [5.74, 6) is 0.756. The molecule has 4 heteroatoms. The van der Waals surface area contributed by atoms with Crippen LogP contribution >= 0.6 is 0 Å². The summed E-state index contributed by atoms with van der Waals surface area (Å²) in [5, 5.41) is 11.0. The first-order valence-electron chi connectivity index (χ1n) is 9.42. The Morgan fingerprint density at radius 3 is 2.34 bits per heavy atom. The largest absolute Gasteiger partial charge is 0.488 e. The van der Waals surface area contributed by atoms with Crippen LogP contribution in [0.15, 0.2) is 91.6 Å². The summed E-state index contributed by atoms with van der Waals surface area (Å²) in [6.07, 6.45) is 7.10. The van der Waals surface area contributed by atoms with Crippen LogP contribution in [0.3, 0.4) is 0 Å². The van der Waals surface area contributed by atoms with E-state index in [2.05, 4.69) is 19.7 Å². The number of fused-ring (bicyclic) bond motifs is 1. The Hall–Kier alpha value is -3.66. The second kappa shape index (κ2) is 10.0. The molecule has 0 unspecified atom stereocenters. The third-order valence-corrected chi connectivity index (χ3v) is 4.42. The van der Waals surface area contributed by atoms with Gasteiger partial charge in [0.1, 0.15) is 12.4 Å². The molecule has 1 aliphatic heterocycles. The van der Waals surface area contributed by atoms with Crippen LogP contribution in [0.1, 0.15) is 30.5 Å². The van der Waals surface area contributed by atoms with Crippen LogP contribution in [0.5, 0.6) is 5.75 Å². The number of nitrogens with zero attached hydrogens (tertiary/aromatic N) is 1. The maximum Gasteiger partial charge on any atom is 0.269 e. The van der Waals surface area contributed by atoms with Crippen LogP contribution in [-0.4, -0.2) is 11.5 Å². The van der Waals surface area contributed by atoms with Crippen molar-refractivity contribution in [3.63, 3.8) is 0 Å². The van der Waals surface area contributed by atoms with Crippen molar-refractivity contribution in [1.29, 1.82) is 0 Å². The molecule has 1 heterocycles. The number of allylic oxidation sites excluding steroid dienone is 3. The first-order valence-corrected chi connectivity index (χ1v) is 9.42. The topological polar surface area (TPSA) is 52.4 Å². The number of rotatable bonds is 6. The van der Waals surface area contributed by atoms with Gasteiger partial charge in [0.15, 0.2) is 0 Å². The highest BCUT2D eigenvalue weighted by Crippen LogP contribution is 2.40. The van der Waals surface area contributed by atoms with Crippen molar-refractivity contribution < 1.29 is 9.66 Å². The number of nitro groups is 1. The van der Waals surface area contributed by atoms with Crippen molar-refractivity contribution in [3.05, 3.63) is 118 Å². The van der Waals surface area contributed by atoms with Crippen LogP contribution in [-0.2, 0) is 0 Å². The molecule has 0 radical (unpaired) electrons. The third-order valence-electron chi connectivity index (χ3n) is 4.42. The Morgan fingerprint density at radius 2 is 1.79 bits per heavy atom. The van der Waals surface area contributed by atoms with Gasteiger partial charge in [0.05, 0.1) is 4.92 Å². The minimum atomic E-state index is -0.403. The molecule has 1 aliphatic rings. The van der Waals surface area contributed by atoms with Gasteiger partial charge in [0.2, 0.25) is 0 Å². The molecule has 0 N–H and O–H groups in total. The summed E-state index contributed by atoms with van der Waals surface area (Å²) >= 11 is 0. The monoisotopic (exact) mass is 387 g/mol. The predicted octanol–water partition coefficient (Wildman–Crippen LogP) is 6.76. The van der Waals surface area contributed by atoms with Crippen molar-refractivity contribution >= 4 is 17.3 Å². The Morgan fingerprint density at radius 1 is 1.10 bits per heavy atom. The lowest BCUT2D eigenvalue weighted by atomic mass is 9.87. The van der Waals surface area contributed by atoms with E-state index in [1.54, 1.807) is 30.4 Å². The zero-order valence-electron chi connectivity index (χ0n) is 16.9. The fraction of sp³-hybridized carbons (Fsp3) is 0.120. The summed E-state index contributed by atoms with van der Waals surface area (Å²) in [7, 11) is 0. The zero-order chi connectivity index (χ0) is 21.4. The number of non-ortho nitro benzene ring substituents is 1. The molecule has 0 fully saturated rings. The van der Waals surface area contributed by atoms with E-state index >= 15 is 0 Å². The molecule has 0 amide bonds. The van der Waals surface area contributed by atoms with E-state index in [1.165, 1.54) is 12.1 Å². The van der Waals surface area contributed by atoms with E-state index < -0.39 is 4.92 Å². The molecular weight excluding hydrogens is 362 g/mol. The van der Waals surface area contributed by atoms with Gasteiger partial charge in [0.25, 0.3) is 5.69 Å². The number of hydrogen-bond donors (Lipinski definition) is 0. The molecular formula is C25H25NO3. The van der Waals surface area contributed by atoms with Gasteiger partial charge in [0, 0.05) is 23.3 Å². The zero-order valence-corrected chi connectivity index (χ0v) is 16.9. The molecule has 0 spiro atoms. The molecule has 2 aromatic carbocycles. The van der Waals surface area contributed by atoms with Crippen molar-refractivity contribution in [1.82, 2.24) is 0 Å². The van der Waals surface area contributed by atoms with Gasteiger partial charge in [-0.3, -0.25) is 10.1 Å². The predicted molar refractivity (Wildman–Crippen MR) is 121 cm³/mol. The van der Waals surface area contributed by atoms with Gasteiger partial charge in [-0.25, -0.2) is 0 Å². The smallest absolute Gasteiger partial charge is 0.269 e. The second-order valence-electron chi connectivity index (χ2n) is 5.97. The SMILES string of the molecule is C=C/C=C(\C=C)C1=C(c2ccc([N+](=O)[O-])cc2)c2ccc(C=C)cc2OC1.CC. The van der Waals surface area contributed by atoms with E-state index in [9.17, 15) is 10.1 Å². The lowest BCUT2D eigenvalue weighted by Gasteiger charge is -2.25. The summed E-state index contributed by atoms with van der Waals surface area (Å²) < 4.78 is 5.98. The lowest BCUT2D eigenvalue weighted by Crippen LogP contribution is -2.13. The maximum atomic E-state index is 11.0. The number of nitro benzene ring substituents is 1. The van der Waals surface area contributed by atoms with E-state index in [0.29, 0.717) is 6.61 Å². The Balaban J connectivity index is 0.00000145. The summed E-state index contributed by atoms with van der Waals surface area (Å²) in [6, 6.07) is 12.4. The normalized spacial score (nSPS) is 12.7. The molecule has 29 heavy (non-hydrogen) atoms. The first kappa shape index (κ1) is 21.6. The molecule has 4 nitrogen and oxygen atoms in total. The fourth-order valence-corrected chi connectivity index (χ4v) is 3.10. The van der Waals surface area contributed by atoms with Crippen LogP contribution in [0.2, 0.25) is 0 Å². The average molecular weight is 387 g/mol. The van der Waals surface area contributed by atoms with Crippen molar-refractivity contribution in [2.45, 2.75) is 13.8 Å². The summed E-state index contributed by atoms with van der Waals surface area (Å²) in [6.45, 7) is 15.8. The molecule has 0 aromatic heterocycles. The number of hydrogen-bond acceptors (Lipinski definition) is 3. The van der Waals surface area contributed by atoms with Gasteiger partial charge in [-0.05, 0) is 40.5 Å². The molecule has 148 valence electrons. The molecule has 0 saturated heterocycles. The Bertz CT molecular complexity index is 995. The molecule has 0 atom stereocenters. The molecule has 3 rings (SSSR count). The van der Waals surface area contributed by atoms with E-state index in [0.717, 1.165) is 39.2 Å². The Kier molecular flexibility index (Phi) is 7.49. The third kappa shape index (κ3) is 4.61. The maximum absolute atomic E-state index is 11.0. The van der Waals surface area contributed by atoms with Gasteiger partial charge >= 0.3 is 0 Å². The quantitative estimate of drug-likeness (QED) is 0.313. The minimum absolute atomic E-state index is 0.0563. The van der Waals surface area contributed by atoms with Crippen molar-refractivity contribution in [3.8, 4) is 5.75 Å². The van der Waals surface area contributed by atoms with Crippen LogP contribution < -0.4 is 4.74 Å². The highest BCUT2D eigenvalue weighted by molar-refractivity contribution is 5.89. The van der Waals surface area contributed by atoms with Gasteiger partial charge in [-0.15, -0.1) is 0 Å². The van der Waals surface area contributed by atoms with Crippen LogP contribution in [0, 0.1) is 10.1 Å². The van der Waals surface area contributed by atoms with Crippen molar-refractivity contribution in [2.24, 2.45) is 0 Å². The summed E-state index contributed by atoms with van der Waals surface area (Å²) in [5.41, 5.74) is 5.64.